The van der Waals surface area contributed by atoms with Gasteiger partial charge in [-0.05, 0) is 45.0 Å². The van der Waals surface area contributed by atoms with Crippen LogP contribution in [0.25, 0.3) is 11.0 Å². The topological polar surface area (TPSA) is 28.4 Å². The van der Waals surface area contributed by atoms with Crippen LogP contribution in [0.4, 0.5) is 0 Å². The molecule has 0 amide bonds. The molecule has 0 atom stereocenters. The molecule has 0 spiro atoms. The van der Waals surface area contributed by atoms with Gasteiger partial charge in [0.15, 0.2) is 0 Å². The third kappa shape index (κ3) is 2.89. The number of nitrogens with zero attached hydrogens (tertiary/aromatic N) is 1. The van der Waals surface area contributed by atoms with E-state index in [-0.39, 0.29) is 0 Å². The molecule has 20 heavy (non-hydrogen) atoms. The number of hydrogen-bond donors (Lipinski definition) is 1. The van der Waals surface area contributed by atoms with Crippen LogP contribution < -0.4 is 5.32 Å². The highest BCUT2D eigenvalue weighted by Crippen LogP contribution is 2.27. The molecule has 1 fully saturated rings. The minimum atomic E-state index is 0.911. The van der Waals surface area contributed by atoms with Crippen LogP contribution in [0.2, 0.25) is 0 Å². The van der Waals surface area contributed by atoms with Crippen molar-refractivity contribution in [3.05, 3.63) is 35.6 Å². The first-order valence-electron chi connectivity index (χ1n) is 7.81. The van der Waals surface area contributed by atoms with Gasteiger partial charge >= 0.3 is 0 Å². The van der Waals surface area contributed by atoms with Gasteiger partial charge < -0.3 is 9.73 Å². The predicted molar refractivity (Wildman–Crippen MR) is 82.7 cm³/mol. The standard InChI is InChI=1S/C17H24N2O/c1-2-9-18-12-15-14-7-3-4-8-16(14)20-17(15)13-19-10-5-6-11-19/h3-4,7-8,18H,2,5-6,9-13H2,1H3. The Hall–Kier alpha value is -1.32. The maximum absolute atomic E-state index is 6.11. The summed E-state index contributed by atoms with van der Waals surface area (Å²) in [5, 5.41) is 4.79. The first-order chi connectivity index (χ1) is 9.88. The fourth-order valence-electron chi connectivity index (χ4n) is 3.00. The lowest BCUT2D eigenvalue weighted by Crippen LogP contribution is -2.20. The molecule has 0 aliphatic carbocycles. The molecule has 1 aromatic heterocycles. The highest BCUT2D eigenvalue weighted by molar-refractivity contribution is 5.82. The zero-order valence-electron chi connectivity index (χ0n) is 12.3. The quantitative estimate of drug-likeness (QED) is 0.815. The number of rotatable bonds is 6. The molecule has 0 radical (unpaired) electrons. The zero-order valence-corrected chi connectivity index (χ0v) is 12.3. The molecule has 0 bridgehead atoms. The SMILES string of the molecule is CCCNCc1c(CN2CCCC2)oc2ccccc12. The van der Waals surface area contributed by atoms with E-state index in [9.17, 15) is 0 Å². The third-order valence-corrected chi connectivity index (χ3v) is 4.08. The largest absolute Gasteiger partial charge is 0.459 e. The molecule has 2 aromatic rings. The van der Waals surface area contributed by atoms with Gasteiger partial charge in [0.2, 0.25) is 0 Å². The molecule has 2 heterocycles. The molecule has 1 aromatic carbocycles. The van der Waals surface area contributed by atoms with Crippen molar-refractivity contribution in [1.82, 2.24) is 10.2 Å². The Morgan fingerprint density at radius 3 is 2.80 bits per heavy atom. The van der Waals surface area contributed by atoms with Crippen LogP contribution in [0.15, 0.2) is 28.7 Å². The summed E-state index contributed by atoms with van der Waals surface area (Å²) in [6.45, 7) is 7.54. The molecule has 3 rings (SSSR count). The minimum absolute atomic E-state index is 0.911. The Morgan fingerprint density at radius 2 is 2.00 bits per heavy atom. The molecule has 3 nitrogen and oxygen atoms in total. The van der Waals surface area contributed by atoms with Gasteiger partial charge in [-0.1, -0.05) is 25.1 Å². The fourth-order valence-corrected chi connectivity index (χ4v) is 3.00. The van der Waals surface area contributed by atoms with Crippen molar-refractivity contribution in [3.63, 3.8) is 0 Å². The van der Waals surface area contributed by atoms with E-state index in [1.807, 2.05) is 0 Å². The van der Waals surface area contributed by atoms with Crippen LogP contribution in [0.3, 0.4) is 0 Å². The summed E-state index contributed by atoms with van der Waals surface area (Å²) in [4.78, 5) is 2.50. The van der Waals surface area contributed by atoms with Gasteiger partial charge in [-0.2, -0.15) is 0 Å². The van der Waals surface area contributed by atoms with Gasteiger partial charge in [0, 0.05) is 17.5 Å². The number of hydrogen-bond acceptors (Lipinski definition) is 3. The van der Waals surface area contributed by atoms with Crippen LogP contribution in [0.5, 0.6) is 0 Å². The maximum Gasteiger partial charge on any atom is 0.134 e. The molecule has 1 aliphatic rings. The first-order valence-corrected chi connectivity index (χ1v) is 7.81. The van der Waals surface area contributed by atoms with Crippen LogP contribution in [-0.4, -0.2) is 24.5 Å². The number of benzene rings is 1. The van der Waals surface area contributed by atoms with Gasteiger partial charge in [0.25, 0.3) is 0 Å². The van der Waals surface area contributed by atoms with Crippen molar-refractivity contribution in [3.8, 4) is 0 Å². The number of fused-ring (bicyclic) bond motifs is 1. The Kier molecular flexibility index (Phi) is 4.38. The lowest BCUT2D eigenvalue weighted by atomic mass is 10.1. The highest BCUT2D eigenvalue weighted by atomic mass is 16.3. The molecule has 1 N–H and O–H groups in total. The van der Waals surface area contributed by atoms with Crippen LogP contribution in [0, 0.1) is 0 Å². The van der Waals surface area contributed by atoms with Crippen molar-refractivity contribution in [2.75, 3.05) is 19.6 Å². The molecular weight excluding hydrogens is 248 g/mol. The van der Waals surface area contributed by atoms with Crippen LogP contribution in [-0.2, 0) is 13.1 Å². The smallest absolute Gasteiger partial charge is 0.134 e. The van der Waals surface area contributed by atoms with Crippen molar-refractivity contribution in [1.29, 1.82) is 0 Å². The molecule has 0 unspecified atom stereocenters. The third-order valence-electron chi connectivity index (χ3n) is 4.08. The van der Waals surface area contributed by atoms with Gasteiger partial charge in [-0.25, -0.2) is 0 Å². The maximum atomic E-state index is 6.11. The minimum Gasteiger partial charge on any atom is -0.459 e. The van der Waals surface area contributed by atoms with E-state index in [1.165, 1.54) is 36.9 Å². The second-order valence-corrected chi connectivity index (χ2v) is 5.66. The molecular formula is C17H24N2O. The van der Waals surface area contributed by atoms with Crippen molar-refractivity contribution in [2.24, 2.45) is 0 Å². The first kappa shape index (κ1) is 13.7. The summed E-state index contributed by atoms with van der Waals surface area (Å²) in [6, 6.07) is 8.40. The summed E-state index contributed by atoms with van der Waals surface area (Å²) < 4.78 is 6.11. The van der Waals surface area contributed by atoms with E-state index < -0.39 is 0 Å². The Morgan fingerprint density at radius 1 is 1.20 bits per heavy atom. The normalized spacial score (nSPS) is 16.2. The van der Waals surface area contributed by atoms with E-state index in [0.717, 1.165) is 37.4 Å². The number of para-hydroxylation sites is 1. The molecule has 1 aliphatic heterocycles. The van der Waals surface area contributed by atoms with Gasteiger partial charge in [-0.3, -0.25) is 4.90 Å². The second kappa shape index (κ2) is 6.42. The Labute approximate surface area is 120 Å². The predicted octanol–water partition coefficient (Wildman–Crippen LogP) is 3.53. The van der Waals surface area contributed by atoms with Gasteiger partial charge in [0.05, 0.1) is 6.54 Å². The number of furan rings is 1. The lowest BCUT2D eigenvalue weighted by Gasteiger charge is -2.14. The summed E-state index contributed by atoms with van der Waals surface area (Å²) in [5.41, 5.74) is 2.37. The molecule has 108 valence electrons. The summed E-state index contributed by atoms with van der Waals surface area (Å²) >= 11 is 0. The summed E-state index contributed by atoms with van der Waals surface area (Å²) in [5.74, 6) is 1.15. The Balaban J connectivity index is 1.85. The lowest BCUT2D eigenvalue weighted by molar-refractivity contribution is 0.300. The zero-order chi connectivity index (χ0) is 13.8. The Bertz CT molecular complexity index is 555. The molecule has 1 saturated heterocycles. The number of likely N-dealkylation sites (tertiary alicyclic amines) is 1. The van der Waals surface area contributed by atoms with E-state index in [4.69, 9.17) is 4.42 Å². The van der Waals surface area contributed by atoms with Crippen molar-refractivity contribution < 1.29 is 4.42 Å². The van der Waals surface area contributed by atoms with E-state index >= 15 is 0 Å². The molecule has 0 saturated carbocycles. The fraction of sp³-hybridized carbons (Fsp3) is 0.529. The van der Waals surface area contributed by atoms with Crippen molar-refractivity contribution >= 4 is 11.0 Å². The van der Waals surface area contributed by atoms with Crippen LogP contribution >= 0.6 is 0 Å². The summed E-state index contributed by atoms with van der Waals surface area (Å²) in [7, 11) is 0. The van der Waals surface area contributed by atoms with Crippen molar-refractivity contribution in [2.45, 2.75) is 39.3 Å². The monoisotopic (exact) mass is 272 g/mol. The van der Waals surface area contributed by atoms with Crippen LogP contribution in [0.1, 0.15) is 37.5 Å². The van der Waals surface area contributed by atoms with E-state index in [0.29, 0.717) is 0 Å². The summed E-state index contributed by atoms with van der Waals surface area (Å²) in [6.07, 6.45) is 3.81. The average Bonchev–Trinajstić information content (AvgIpc) is 3.08. The molecule has 3 heteroatoms. The number of nitrogens with one attached hydrogen (secondary N) is 1. The van der Waals surface area contributed by atoms with Gasteiger partial charge in [-0.15, -0.1) is 0 Å². The van der Waals surface area contributed by atoms with E-state index in [2.05, 4.69) is 41.4 Å². The highest BCUT2D eigenvalue weighted by Gasteiger charge is 2.18. The second-order valence-electron chi connectivity index (χ2n) is 5.66. The van der Waals surface area contributed by atoms with Gasteiger partial charge in [0.1, 0.15) is 11.3 Å². The van der Waals surface area contributed by atoms with E-state index in [1.54, 1.807) is 0 Å². The average molecular weight is 272 g/mol.